The Morgan fingerprint density at radius 1 is 1.07 bits per heavy atom. The third-order valence-corrected chi connectivity index (χ3v) is 7.21. The minimum atomic E-state index is -0.833. The lowest BCUT2D eigenvalue weighted by Gasteiger charge is -2.41. The molecule has 1 aliphatic heterocycles. The summed E-state index contributed by atoms with van der Waals surface area (Å²) in [5.74, 6) is -0.854. The minimum absolute atomic E-state index is 0.139. The highest BCUT2D eigenvalue weighted by atomic mass is 16.4. The quantitative estimate of drug-likeness (QED) is 0.882. The summed E-state index contributed by atoms with van der Waals surface area (Å²) in [7, 11) is 0. The lowest BCUT2D eigenvalue weighted by atomic mass is 9.65. The Bertz CT molecular complexity index is 705. The van der Waals surface area contributed by atoms with Gasteiger partial charge in [-0.3, -0.25) is 14.5 Å². The molecule has 1 N–H and O–H groups in total. The number of carboxylic acid groups (broad SMARTS) is 1. The molecule has 0 bridgehead atoms. The van der Waals surface area contributed by atoms with Crippen LogP contribution >= 0.6 is 0 Å². The topological polar surface area (TPSA) is 60.9 Å². The van der Waals surface area contributed by atoms with Crippen LogP contribution in [0, 0.1) is 23.7 Å². The van der Waals surface area contributed by atoms with Gasteiger partial charge in [-0.1, -0.05) is 43.7 Å². The number of aryl methyl sites for hydroxylation is 1. The fourth-order valence-corrected chi connectivity index (χ4v) is 4.61. The summed E-state index contributed by atoms with van der Waals surface area (Å²) in [6, 6.07) is 8.61. The second-order valence-electron chi connectivity index (χ2n) is 9.04. The van der Waals surface area contributed by atoms with Crippen molar-refractivity contribution >= 4 is 11.9 Å². The van der Waals surface area contributed by atoms with Gasteiger partial charge in [0.1, 0.15) is 0 Å². The number of carboxylic acids is 1. The van der Waals surface area contributed by atoms with Gasteiger partial charge in [-0.25, -0.2) is 0 Å². The lowest BCUT2D eigenvalue weighted by molar-refractivity contribution is -0.156. The third-order valence-electron chi connectivity index (χ3n) is 7.21. The van der Waals surface area contributed by atoms with Crippen molar-refractivity contribution in [3.63, 3.8) is 0 Å². The molecule has 1 aromatic rings. The molecule has 2 fully saturated rings. The van der Waals surface area contributed by atoms with E-state index in [1.165, 1.54) is 11.1 Å². The van der Waals surface area contributed by atoms with E-state index in [0.717, 1.165) is 32.7 Å². The Balaban J connectivity index is 1.59. The molecular formula is C22H32N2O3. The van der Waals surface area contributed by atoms with Gasteiger partial charge in [0, 0.05) is 38.6 Å². The number of rotatable bonds is 4. The summed E-state index contributed by atoms with van der Waals surface area (Å²) in [6.07, 6.45) is 1.23. The van der Waals surface area contributed by atoms with Crippen LogP contribution in [0.5, 0.6) is 0 Å². The van der Waals surface area contributed by atoms with Crippen molar-refractivity contribution in [3.05, 3.63) is 35.4 Å². The standard InChI is InChI=1S/C22H32N2O3/c1-16-5-7-17(8-6-16)15-23-11-13-24(14-12-23)19(25)18-9-10-22(4,20(26)27)21(18,2)3/h5-8,18H,9-15H2,1-4H3,(H,26,27). The SMILES string of the molecule is Cc1ccc(CN2CCN(C(=O)C3CCC(C)(C(=O)O)C3(C)C)CC2)cc1. The molecule has 1 aromatic carbocycles. The lowest BCUT2D eigenvalue weighted by Crippen LogP contribution is -2.52. The summed E-state index contributed by atoms with van der Waals surface area (Å²) in [5.41, 5.74) is 1.20. The van der Waals surface area contributed by atoms with Crippen molar-refractivity contribution < 1.29 is 14.7 Å². The van der Waals surface area contributed by atoms with Crippen LogP contribution in [0.1, 0.15) is 44.7 Å². The van der Waals surface area contributed by atoms with E-state index >= 15 is 0 Å². The molecule has 27 heavy (non-hydrogen) atoms. The zero-order valence-electron chi connectivity index (χ0n) is 17.0. The first-order valence-corrected chi connectivity index (χ1v) is 9.95. The van der Waals surface area contributed by atoms with Gasteiger partial charge in [0.05, 0.1) is 5.41 Å². The van der Waals surface area contributed by atoms with Gasteiger partial charge in [0.15, 0.2) is 0 Å². The number of carbonyl (C=O) groups excluding carboxylic acids is 1. The average molecular weight is 373 g/mol. The number of hydrogen-bond acceptors (Lipinski definition) is 3. The number of carbonyl (C=O) groups is 2. The Kier molecular flexibility index (Phi) is 5.35. The highest BCUT2D eigenvalue weighted by molar-refractivity contribution is 5.84. The van der Waals surface area contributed by atoms with Gasteiger partial charge < -0.3 is 10.0 Å². The van der Waals surface area contributed by atoms with E-state index in [1.54, 1.807) is 6.92 Å². The number of amides is 1. The van der Waals surface area contributed by atoms with Crippen LogP contribution in [0.2, 0.25) is 0 Å². The molecule has 5 nitrogen and oxygen atoms in total. The molecule has 2 aliphatic rings. The van der Waals surface area contributed by atoms with Gasteiger partial charge in [0.25, 0.3) is 0 Å². The van der Waals surface area contributed by atoms with Crippen molar-refractivity contribution in [2.24, 2.45) is 16.7 Å². The van der Waals surface area contributed by atoms with Gasteiger partial charge in [-0.15, -0.1) is 0 Å². The van der Waals surface area contributed by atoms with Crippen molar-refractivity contribution in [2.45, 2.75) is 47.1 Å². The molecule has 0 aromatic heterocycles. The Morgan fingerprint density at radius 2 is 1.67 bits per heavy atom. The van der Waals surface area contributed by atoms with Crippen LogP contribution in [0.3, 0.4) is 0 Å². The summed E-state index contributed by atoms with van der Waals surface area (Å²) in [6.45, 7) is 11.9. The van der Waals surface area contributed by atoms with Crippen LogP contribution in [0.4, 0.5) is 0 Å². The van der Waals surface area contributed by atoms with E-state index in [-0.39, 0.29) is 11.8 Å². The minimum Gasteiger partial charge on any atom is -0.481 e. The highest BCUT2D eigenvalue weighted by Crippen LogP contribution is 2.56. The second-order valence-corrected chi connectivity index (χ2v) is 9.04. The van der Waals surface area contributed by atoms with E-state index in [4.69, 9.17) is 0 Å². The fourth-order valence-electron chi connectivity index (χ4n) is 4.61. The molecule has 2 atom stereocenters. The highest BCUT2D eigenvalue weighted by Gasteiger charge is 2.58. The smallest absolute Gasteiger partial charge is 0.309 e. The molecular weight excluding hydrogens is 340 g/mol. The molecule has 1 saturated carbocycles. The molecule has 5 heteroatoms. The monoisotopic (exact) mass is 372 g/mol. The number of piperazine rings is 1. The van der Waals surface area contributed by atoms with E-state index < -0.39 is 16.8 Å². The number of hydrogen-bond donors (Lipinski definition) is 1. The molecule has 2 unspecified atom stereocenters. The van der Waals surface area contributed by atoms with Crippen LogP contribution in [-0.4, -0.2) is 53.0 Å². The van der Waals surface area contributed by atoms with Gasteiger partial charge in [-0.05, 0) is 37.7 Å². The van der Waals surface area contributed by atoms with E-state index in [0.29, 0.717) is 12.8 Å². The first-order chi connectivity index (χ1) is 12.6. The maximum Gasteiger partial charge on any atom is 0.309 e. The maximum absolute atomic E-state index is 13.1. The Hall–Kier alpha value is -1.88. The molecule has 3 rings (SSSR count). The summed E-state index contributed by atoms with van der Waals surface area (Å²) in [4.78, 5) is 29.3. The zero-order chi connectivity index (χ0) is 19.8. The molecule has 1 heterocycles. The molecule has 0 spiro atoms. The first-order valence-electron chi connectivity index (χ1n) is 9.95. The molecule has 0 radical (unpaired) electrons. The predicted molar refractivity (Wildman–Crippen MR) is 105 cm³/mol. The van der Waals surface area contributed by atoms with Crippen LogP contribution in [0.25, 0.3) is 0 Å². The van der Waals surface area contributed by atoms with Crippen molar-refractivity contribution in [1.29, 1.82) is 0 Å². The normalized spacial score (nSPS) is 28.3. The number of aliphatic carboxylic acids is 1. The van der Waals surface area contributed by atoms with Crippen LogP contribution < -0.4 is 0 Å². The fraction of sp³-hybridized carbons (Fsp3) is 0.636. The first kappa shape index (κ1) is 19.9. The van der Waals surface area contributed by atoms with Crippen LogP contribution in [-0.2, 0) is 16.1 Å². The Morgan fingerprint density at radius 3 is 2.19 bits per heavy atom. The molecule has 1 aliphatic carbocycles. The van der Waals surface area contributed by atoms with Gasteiger partial charge in [0.2, 0.25) is 5.91 Å². The van der Waals surface area contributed by atoms with Gasteiger partial charge in [-0.2, -0.15) is 0 Å². The molecule has 1 amide bonds. The van der Waals surface area contributed by atoms with Crippen LogP contribution in [0.15, 0.2) is 24.3 Å². The number of nitrogens with zero attached hydrogens (tertiary/aromatic N) is 2. The van der Waals surface area contributed by atoms with E-state index in [9.17, 15) is 14.7 Å². The summed E-state index contributed by atoms with van der Waals surface area (Å²) >= 11 is 0. The largest absolute Gasteiger partial charge is 0.481 e. The van der Waals surface area contributed by atoms with Crippen molar-refractivity contribution in [1.82, 2.24) is 9.80 Å². The third kappa shape index (κ3) is 3.62. The summed E-state index contributed by atoms with van der Waals surface area (Å²) < 4.78 is 0. The average Bonchev–Trinajstić information content (AvgIpc) is 2.88. The second kappa shape index (κ2) is 7.27. The van der Waals surface area contributed by atoms with Crippen molar-refractivity contribution in [3.8, 4) is 0 Å². The van der Waals surface area contributed by atoms with E-state index in [2.05, 4.69) is 36.1 Å². The summed E-state index contributed by atoms with van der Waals surface area (Å²) in [5, 5.41) is 9.68. The zero-order valence-corrected chi connectivity index (χ0v) is 17.0. The van der Waals surface area contributed by atoms with E-state index in [1.807, 2.05) is 18.7 Å². The molecule has 148 valence electrons. The number of benzene rings is 1. The molecule has 1 saturated heterocycles. The maximum atomic E-state index is 13.1. The Labute approximate surface area is 162 Å². The predicted octanol–water partition coefficient (Wildman–Crippen LogP) is 3.17. The van der Waals surface area contributed by atoms with Gasteiger partial charge >= 0.3 is 5.97 Å². The van der Waals surface area contributed by atoms with Crippen molar-refractivity contribution in [2.75, 3.05) is 26.2 Å².